The van der Waals surface area contributed by atoms with Crippen molar-refractivity contribution in [3.63, 3.8) is 0 Å². The van der Waals surface area contributed by atoms with Crippen LogP contribution in [0, 0.1) is 5.92 Å². The summed E-state index contributed by atoms with van der Waals surface area (Å²) in [4.78, 5) is 36.5. The van der Waals surface area contributed by atoms with Gasteiger partial charge in [-0.15, -0.1) is 0 Å². The van der Waals surface area contributed by atoms with Gasteiger partial charge in [0.2, 0.25) is 11.8 Å². The predicted molar refractivity (Wildman–Crippen MR) is 63.5 cm³/mol. The van der Waals surface area contributed by atoms with Gasteiger partial charge in [-0.3, -0.25) is 14.5 Å². The first-order chi connectivity index (χ1) is 8.65. The van der Waals surface area contributed by atoms with E-state index in [0.717, 1.165) is 37.0 Å². The second kappa shape index (κ2) is 5.50. The molecule has 1 aliphatic carbocycles. The van der Waals surface area contributed by atoms with Crippen LogP contribution >= 0.6 is 0 Å². The molecular formula is C13H19NO4. The molecule has 5 heteroatoms. The maximum Gasteiger partial charge on any atom is 0.329 e. The van der Waals surface area contributed by atoms with Gasteiger partial charge < -0.3 is 4.74 Å². The number of β-lactam (4-membered cyclic amide) rings is 1. The fourth-order valence-corrected chi connectivity index (χ4v) is 2.67. The molecule has 5 nitrogen and oxygen atoms in total. The molecule has 1 unspecified atom stereocenters. The second-order valence-corrected chi connectivity index (χ2v) is 4.91. The predicted octanol–water partition coefficient (Wildman–Crippen LogP) is 1.26. The average molecular weight is 253 g/mol. The summed E-state index contributed by atoms with van der Waals surface area (Å²) >= 11 is 0. The van der Waals surface area contributed by atoms with Crippen LogP contribution in [-0.2, 0) is 19.1 Å². The molecule has 1 saturated heterocycles. The van der Waals surface area contributed by atoms with Gasteiger partial charge in [0, 0.05) is 5.92 Å². The van der Waals surface area contributed by atoms with E-state index in [2.05, 4.69) is 0 Å². The Kier molecular flexibility index (Phi) is 3.99. The van der Waals surface area contributed by atoms with Crippen LogP contribution in [0.3, 0.4) is 0 Å². The zero-order valence-electron chi connectivity index (χ0n) is 10.7. The summed E-state index contributed by atoms with van der Waals surface area (Å²) in [5, 5.41) is 0. The highest BCUT2D eigenvalue weighted by Gasteiger charge is 2.47. The molecule has 0 radical (unpaired) electrons. The summed E-state index contributed by atoms with van der Waals surface area (Å²) in [5.41, 5.74) is 0. The number of esters is 1. The number of hydrogen-bond donors (Lipinski definition) is 0. The quantitative estimate of drug-likeness (QED) is 0.431. The van der Waals surface area contributed by atoms with Gasteiger partial charge in [0.05, 0.1) is 13.0 Å². The molecule has 1 heterocycles. The summed E-state index contributed by atoms with van der Waals surface area (Å²) < 4.78 is 4.88. The Balaban J connectivity index is 1.99. The van der Waals surface area contributed by atoms with Gasteiger partial charge in [-0.05, 0) is 19.8 Å². The van der Waals surface area contributed by atoms with Crippen molar-refractivity contribution in [2.24, 2.45) is 5.92 Å². The lowest BCUT2D eigenvalue weighted by molar-refractivity contribution is -0.173. The Morgan fingerprint density at radius 2 is 1.94 bits per heavy atom. The van der Waals surface area contributed by atoms with Gasteiger partial charge in [-0.1, -0.05) is 19.3 Å². The fraction of sp³-hybridized carbons (Fsp3) is 0.769. The van der Waals surface area contributed by atoms with E-state index >= 15 is 0 Å². The number of imide groups is 1. The Hall–Kier alpha value is -1.39. The van der Waals surface area contributed by atoms with Crippen LogP contribution in [0.4, 0.5) is 0 Å². The van der Waals surface area contributed by atoms with E-state index in [4.69, 9.17) is 4.74 Å². The van der Waals surface area contributed by atoms with Crippen LogP contribution in [-0.4, -0.2) is 35.3 Å². The molecule has 1 aliphatic heterocycles. The highest BCUT2D eigenvalue weighted by Crippen LogP contribution is 2.30. The van der Waals surface area contributed by atoms with Crippen molar-refractivity contribution in [2.45, 2.75) is 51.5 Å². The summed E-state index contributed by atoms with van der Waals surface area (Å²) in [5.74, 6) is -0.964. The fourth-order valence-electron chi connectivity index (χ4n) is 2.67. The highest BCUT2D eigenvalue weighted by atomic mass is 16.5. The third kappa shape index (κ3) is 2.40. The molecule has 0 aromatic carbocycles. The number of amides is 2. The van der Waals surface area contributed by atoms with Crippen molar-refractivity contribution in [2.75, 3.05) is 6.61 Å². The molecule has 2 aliphatic rings. The molecule has 0 N–H and O–H groups in total. The van der Waals surface area contributed by atoms with E-state index in [0.29, 0.717) is 0 Å². The SMILES string of the molecule is CCOC(=O)C1CC(=O)N1C(=O)C1CCCCC1. The molecule has 18 heavy (non-hydrogen) atoms. The second-order valence-electron chi connectivity index (χ2n) is 4.91. The molecule has 1 saturated carbocycles. The largest absolute Gasteiger partial charge is 0.464 e. The lowest BCUT2D eigenvalue weighted by Gasteiger charge is -2.39. The van der Waals surface area contributed by atoms with E-state index < -0.39 is 12.0 Å². The van der Waals surface area contributed by atoms with E-state index in [1.165, 1.54) is 0 Å². The highest BCUT2D eigenvalue weighted by molar-refractivity contribution is 6.07. The summed E-state index contributed by atoms with van der Waals surface area (Å²) in [6.45, 7) is 1.99. The van der Waals surface area contributed by atoms with Crippen molar-refractivity contribution in [1.29, 1.82) is 0 Å². The topological polar surface area (TPSA) is 63.7 Å². The molecule has 2 rings (SSSR count). The van der Waals surface area contributed by atoms with Crippen LogP contribution < -0.4 is 0 Å². The average Bonchev–Trinajstić information content (AvgIpc) is 2.37. The zero-order valence-corrected chi connectivity index (χ0v) is 10.7. The number of carbonyl (C=O) groups is 3. The minimum absolute atomic E-state index is 0.0834. The first-order valence-corrected chi connectivity index (χ1v) is 6.67. The number of hydrogen-bond acceptors (Lipinski definition) is 4. The number of ether oxygens (including phenoxy) is 1. The molecule has 2 amide bonds. The van der Waals surface area contributed by atoms with Gasteiger partial charge in [0.15, 0.2) is 0 Å². The van der Waals surface area contributed by atoms with Gasteiger partial charge >= 0.3 is 5.97 Å². The van der Waals surface area contributed by atoms with Crippen molar-refractivity contribution < 1.29 is 19.1 Å². The van der Waals surface area contributed by atoms with Crippen molar-refractivity contribution in [1.82, 2.24) is 4.90 Å². The molecule has 0 spiro atoms. The third-order valence-electron chi connectivity index (χ3n) is 3.70. The smallest absolute Gasteiger partial charge is 0.329 e. The number of nitrogens with zero attached hydrogens (tertiary/aromatic N) is 1. The van der Waals surface area contributed by atoms with Gasteiger partial charge in [0.1, 0.15) is 6.04 Å². The van der Waals surface area contributed by atoms with Gasteiger partial charge in [0.25, 0.3) is 0 Å². The molecule has 0 aromatic heterocycles. The Morgan fingerprint density at radius 1 is 1.28 bits per heavy atom. The number of rotatable bonds is 3. The first-order valence-electron chi connectivity index (χ1n) is 6.67. The Morgan fingerprint density at radius 3 is 2.50 bits per heavy atom. The first kappa shape index (κ1) is 13.1. The molecule has 0 bridgehead atoms. The summed E-state index contributed by atoms with van der Waals surface area (Å²) in [7, 11) is 0. The molecule has 100 valence electrons. The number of likely N-dealkylation sites (tertiary alicyclic amines) is 1. The van der Waals surface area contributed by atoms with Crippen LogP contribution in [0.2, 0.25) is 0 Å². The van der Waals surface area contributed by atoms with E-state index in [9.17, 15) is 14.4 Å². The minimum atomic E-state index is -0.674. The molecule has 1 atom stereocenters. The van der Waals surface area contributed by atoms with Gasteiger partial charge in [-0.2, -0.15) is 0 Å². The van der Waals surface area contributed by atoms with E-state index in [-0.39, 0.29) is 30.8 Å². The summed E-state index contributed by atoms with van der Waals surface area (Å²) in [6, 6.07) is -0.674. The monoisotopic (exact) mass is 253 g/mol. The Labute approximate surface area is 106 Å². The minimum Gasteiger partial charge on any atom is -0.464 e. The van der Waals surface area contributed by atoms with Crippen molar-refractivity contribution in [3.8, 4) is 0 Å². The number of carbonyl (C=O) groups excluding carboxylic acids is 3. The van der Waals surface area contributed by atoms with Crippen LogP contribution in [0.25, 0.3) is 0 Å². The van der Waals surface area contributed by atoms with Crippen molar-refractivity contribution >= 4 is 17.8 Å². The maximum absolute atomic E-state index is 12.2. The molecular weight excluding hydrogens is 234 g/mol. The molecule has 0 aromatic rings. The van der Waals surface area contributed by atoms with Gasteiger partial charge in [-0.25, -0.2) is 4.79 Å². The lowest BCUT2D eigenvalue weighted by atomic mass is 9.86. The third-order valence-corrected chi connectivity index (χ3v) is 3.70. The van der Waals surface area contributed by atoms with Crippen LogP contribution in [0.15, 0.2) is 0 Å². The lowest BCUT2D eigenvalue weighted by Crippen LogP contribution is -2.61. The Bertz CT molecular complexity index is 360. The standard InChI is InChI=1S/C13H19NO4/c1-2-18-13(17)10-8-11(15)14(10)12(16)9-6-4-3-5-7-9/h9-10H,2-8H2,1H3. The zero-order chi connectivity index (χ0) is 13.1. The van der Waals surface area contributed by atoms with Crippen LogP contribution in [0.1, 0.15) is 45.4 Å². The molecule has 2 fully saturated rings. The maximum atomic E-state index is 12.2. The van der Waals surface area contributed by atoms with E-state index in [1.54, 1.807) is 6.92 Å². The normalized spacial score (nSPS) is 24.6. The van der Waals surface area contributed by atoms with Crippen molar-refractivity contribution in [3.05, 3.63) is 0 Å². The summed E-state index contributed by atoms with van der Waals surface area (Å²) in [6.07, 6.45) is 4.98. The van der Waals surface area contributed by atoms with Crippen LogP contribution in [0.5, 0.6) is 0 Å². The van der Waals surface area contributed by atoms with E-state index in [1.807, 2.05) is 0 Å².